The molecule has 0 radical (unpaired) electrons. The zero-order valence-electron chi connectivity index (χ0n) is 7.40. The maximum atomic E-state index is 11.1. The predicted octanol–water partition coefficient (Wildman–Crippen LogP) is 1.37. The molecule has 0 aliphatic carbocycles. The summed E-state index contributed by atoms with van der Waals surface area (Å²) in [6.45, 7) is 2.25. The molecular formula is C7H17O4P. The number of aliphatic hydroxyl groups excluding tert-OH is 1. The number of unbranched alkanes of at least 4 members (excludes halogenated alkanes) is 1. The summed E-state index contributed by atoms with van der Waals surface area (Å²) in [5, 5.41) is 8.41. The predicted molar refractivity (Wildman–Crippen MR) is 47.3 cm³/mol. The topological polar surface area (TPSA) is 66.8 Å². The summed E-state index contributed by atoms with van der Waals surface area (Å²) in [5.41, 5.74) is 0. The highest BCUT2D eigenvalue weighted by Gasteiger charge is 2.17. The van der Waals surface area contributed by atoms with Gasteiger partial charge in [-0.25, -0.2) is 0 Å². The van der Waals surface area contributed by atoms with Crippen molar-refractivity contribution in [2.24, 2.45) is 0 Å². The lowest BCUT2D eigenvalue weighted by Crippen LogP contribution is -1.98. The maximum Gasteiger partial charge on any atom is 0.328 e. The number of rotatable bonds is 7. The van der Waals surface area contributed by atoms with Crippen molar-refractivity contribution in [1.82, 2.24) is 0 Å². The average Bonchev–Trinajstić information content (AvgIpc) is 2.01. The van der Waals surface area contributed by atoms with Crippen molar-refractivity contribution < 1.29 is 19.1 Å². The Morgan fingerprint density at radius 2 is 2.08 bits per heavy atom. The van der Waals surface area contributed by atoms with Crippen molar-refractivity contribution >= 4 is 7.60 Å². The van der Waals surface area contributed by atoms with Gasteiger partial charge in [0.05, 0.1) is 12.8 Å². The van der Waals surface area contributed by atoms with Crippen LogP contribution in [0.3, 0.4) is 0 Å². The Hall–Kier alpha value is 0.110. The fourth-order valence-corrected chi connectivity index (χ4v) is 1.77. The number of aliphatic hydroxyl groups is 1. The van der Waals surface area contributed by atoms with Gasteiger partial charge in [-0.3, -0.25) is 4.57 Å². The number of hydrogen-bond acceptors (Lipinski definition) is 3. The third-order valence-electron chi connectivity index (χ3n) is 1.39. The summed E-state index contributed by atoms with van der Waals surface area (Å²) in [4.78, 5) is 9.09. The van der Waals surface area contributed by atoms with Gasteiger partial charge in [0.15, 0.2) is 0 Å². The van der Waals surface area contributed by atoms with Crippen molar-refractivity contribution in [3.63, 3.8) is 0 Å². The van der Waals surface area contributed by atoms with E-state index in [9.17, 15) is 4.57 Å². The summed E-state index contributed by atoms with van der Waals surface area (Å²) < 4.78 is 15.8. The molecule has 0 aromatic heterocycles. The first-order valence-electron chi connectivity index (χ1n) is 4.19. The van der Waals surface area contributed by atoms with Crippen LogP contribution in [0.4, 0.5) is 0 Å². The lowest BCUT2D eigenvalue weighted by Gasteiger charge is -2.10. The van der Waals surface area contributed by atoms with Crippen LogP contribution in [0.15, 0.2) is 0 Å². The Morgan fingerprint density at radius 1 is 1.42 bits per heavy atom. The lowest BCUT2D eigenvalue weighted by atomic mass is 10.4. The van der Waals surface area contributed by atoms with E-state index in [0.717, 1.165) is 12.8 Å². The van der Waals surface area contributed by atoms with E-state index in [2.05, 4.69) is 0 Å². The molecule has 0 saturated carbocycles. The molecule has 1 atom stereocenters. The van der Waals surface area contributed by atoms with Gasteiger partial charge in [0.2, 0.25) is 0 Å². The van der Waals surface area contributed by atoms with Gasteiger partial charge in [-0.1, -0.05) is 13.3 Å². The maximum absolute atomic E-state index is 11.1. The molecule has 0 fully saturated rings. The molecule has 5 heteroatoms. The molecule has 0 spiro atoms. The van der Waals surface area contributed by atoms with Crippen LogP contribution in [0.1, 0.15) is 26.2 Å². The molecule has 0 aliphatic rings. The minimum atomic E-state index is -3.40. The molecule has 12 heavy (non-hydrogen) atoms. The van der Waals surface area contributed by atoms with Crippen LogP contribution in [0.5, 0.6) is 0 Å². The third-order valence-corrected chi connectivity index (χ3v) is 2.86. The minimum absolute atomic E-state index is 0.0488. The normalized spacial score (nSPS) is 15.9. The molecule has 0 rings (SSSR count). The van der Waals surface area contributed by atoms with Crippen molar-refractivity contribution in [2.75, 3.05) is 19.4 Å². The number of hydrogen-bond donors (Lipinski definition) is 2. The molecule has 1 unspecified atom stereocenters. The molecular weight excluding hydrogens is 179 g/mol. The zero-order chi connectivity index (χ0) is 9.45. The van der Waals surface area contributed by atoms with Gasteiger partial charge < -0.3 is 14.5 Å². The van der Waals surface area contributed by atoms with Crippen molar-refractivity contribution in [2.45, 2.75) is 26.2 Å². The van der Waals surface area contributed by atoms with E-state index in [0.29, 0.717) is 13.0 Å². The first-order chi connectivity index (χ1) is 5.62. The molecule has 74 valence electrons. The molecule has 0 heterocycles. The minimum Gasteiger partial charge on any atom is -0.396 e. The van der Waals surface area contributed by atoms with Crippen LogP contribution in [-0.4, -0.2) is 29.4 Å². The van der Waals surface area contributed by atoms with Gasteiger partial charge in [0, 0.05) is 6.61 Å². The zero-order valence-corrected chi connectivity index (χ0v) is 8.30. The van der Waals surface area contributed by atoms with Gasteiger partial charge in [-0.2, -0.15) is 0 Å². The second-order valence-electron chi connectivity index (χ2n) is 2.62. The van der Waals surface area contributed by atoms with Crippen LogP contribution < -0.4 is 0 Å². The molecule has 0 aromatic carbocycles. The van der Waals surface area contributed by atoms with Crippen LogP contribution in [0, 0.1) is 0 Å². The van der Waals surface area contributed by atoms with Crippen LogP contribution in [0.25, 0.3) is 0 Å². The van der Waals surface area contributed by atoms with Crippen molar-refractivity contribution in [3.8, 4) is 0 Å². The van der Waals surface area contributed by atoms with Crippen LogP contribution in [0.2, 0.25) is 0 Å². The van der Waals surface area contributed by atoms with Gasteiger partial charge in [-0.05, 0) is 12.8 Å². The summed E-state index contributed by atoms with van der Waals surface area (Å²) in [6.07, 6.45) is 2.11. The first kappa shape index (κ1) is 12.1. The standard InChI is InChI=1S/C7H17O4P/c1-2-3-6-11-12(9,10)7-4-5-8/h8H,2-7H2,1H3,(H,9,10). The fraction of sp³-hybridized carbons (Fsp3) is 1.00. The quantitative estimate of drug-likeness (QED) is 0.476. The van der Waals surface area contributed by atoms with E-state index < -0.39 is 7.60 Å². The monoisotopic (exact) mass is 196 g/mol. The fourth-order valence-electron chi connectivity index (χ4n) is 0.687. The van der Waals surface area contributed by atoms with E-state index >= 15 is 0 Å². The van der Waals surface area contributed by atoms with Crippen molar-refractivity contribution in [1.29, 1.82) is 0 Å². The summed E-state index contributed by atoms with van der Waals surface area (Å²) in [5.74, 6) is 0. The second kappa shape index (κ2) is 6.61. The average molecular weight is 196 g/mol. The molecule has 0 bridgehead atoms. The van der Waals surface area contributed by atoms with E-state index in [1.54, 1.807) is 0 Å². The highest BCUT2D eigenvalue weighted by Crippen LogP contribution is 2.42. The molecule has 2 N–H and O–H groups in total. The Kier molecular flexibility index (Phi) is 6.67. The van der Waals surface area contributed by atoms with Gasteiger partial charge in [-0.15, -0.1) is 0 Å². The van der Waals surface area contributed by atoms with Crippen molar-refractivity contribution in [3.05, 3.63) is 0 Å². The summed E-state index contributed by atoms with van der Waals surface area (Å²) >= 11 is 0. The Labute approximate surface area is 73.1 Å². The van der Waals surface area contributed by atoms with Gasteiger partial charge in [0.1, 0.15) is 0 Å². The van der Waals surface area contributed by atoms with E-state index in [1.807, 2.05) is 6.92 Å². The van der Waals surface area contributed by atoms with E-state index in [4.69, 9.17) is 14.5 Å². The first-order valence-corrected chi connectivity index (χ1v) is 5.96. The van der Waals surface area contributed by atoms with Gasteiger partial charge >= 0.3 is 7.60 Å². The molecule has 0 aliphatic heterocycles. The highest BCUT2D eigenvalue weighted by molar-refractivity contribution is 7.52. The molecule has 0 amide bonds. The van der Waals surface area contributed by atoms with Crippen LogP contribution >= 0.6 is 7.60 Å². The molecule has 4 nitrogen and oxygen atoms in total. The second-order valence-corrected chi connectivity index (χ2v) is 4.61. The summed E-state index contributed by atoms with van der Waals surface area (Å²) in [7, 11) is -3.40. The Bertz CT molecular complexity index is 148. The van der Waals surface area contributed by atoms with Crippen LogP contribution in [-0.2, 0) is 9.09 Å². The van der Waals surface area contributed by atoms with E-state index in [-0.39, 0.29) is 12.8 Å². The highest BCUT2D eigenvalue weighted by atomic mass is 31.2. The van der Waals surface area contributed by atoms with Gasteiger partial charge in [0.25, 0.3) is 0 Å². The molecule has 0 saturated heterocycles. The third kappa shape index (κ3) is 6.80. The van der Waals surface area contributed by atoms with E-state index in [1.165, 1.54) is 0 Å². The smallest absolute Gasteiger partial charge is 0.328 e. The summed E-state index contributed by atoms with van der Waals surface area (Å²) in [6, 6.07) is 0. The Balaban J connectivity index is 3.49. The SMILES string of the molecule is CCCCOP(=O)(O)CCCO. The Morgan fingerprint density at radius 3 is 2.58 bits per heavy atom. The largest absolute Gasteiger partial charge is 0.396 e. The molecule has 0 aromatic rings. The lowest BCUT2D eigenvalue weighted by molar-refractivity contribution is 0.247.